The van der Waals surface area contributed by atoms with Crippen LogP contribution in [-0.4, -0.2) is 10.9 Å². The SMILES string of the molecule is Cc1ccc(F)c(C(=O)Nc2ccc(Oc3cc(F)cnc3C(F)(F)F)cc2)c1F. The third kappa shape index (κ3) is 4.53. The molecule has 0 aliphatic carbocycles. The number of halogens is 6. The van der Waals surface area contributed by atoms with Crippen molar-refractivity contribution < 1.29 is 35.9 Å². The largest absolute Gasteiger partial charge is 0.455 e. The molecule has 30 heavy (non-hydrogen) atoms. The van der Waals surface area contributed by atoms with Crippen LogP contribution in [0.4, 0.5) is 32.0 Å². The summed E-state index contributed by atoms with van der Waals surface area (Å²) in [7, 11) is 0. The molecule has 1 aromatic heterocycles. The molecule has 3 rings (SSSR count). The third-order valence-electron chi connectivity index (χ3n) is 3.94. The van der Waals surface area contributed by atoms with E-state index in [1.165, 1.54) is 37.3 Å². The number of benzene rings is 2. The summed E-state index contributed by atoms with van der Waals surface area (Å²) in [5.41, 5.74) is -2.00. The molecule has 0 saturated heterocycles. The molecule has 0 fully saturated rings. The highest BCUT2D eigenvalue weighted by Crippen LogP contribution is 2.37. The first-order valence-electron chi connectivity index (χ1n) is 8.33. The Kier molecular flexibility index (Phi) is 5.68. The van der Waals surface area contributed by atoms with Gasteiger partial charge in [0, 0.05) is 11.8 Å². The number of nitrogens with zero attached hydrogens (tertiary/aromatic N) is 1. The number of ether oxygens (including phenoxy) is 1. The Hall–Kier alpha value is -3.56. The van der Waals surface area contributed by atoms with Crippen LogP contribution < -0.4 is 10.1 Å². The second-order valence-corrected chi connectivity index (χ2v) is 6.13. The average Bonchev–Trinajstić information content (AvgIpc) is 2.66. The molecular weight excluding hydrogens is 414 g/mol. The minimum atomic E-state index is -4.86. The van der Waals surface area contributed by atoms with Crippen molar-refractivity contribution >= 4 is 11.6 Å². The highest BCUT2D eigenvalue weighted by Gasteiger charge is 2.37. The van der Waals surface area contributed by atoms with E-state index in [9.17, 15) is 31.1 Å². The second kappa shape index (κ2) is 8.05. The number of carbonyl (C=O) groups excluding carboxylic acids is 1. The predicted octanol–water partition coefficient (Wildman–Crippen LogP) is 5.87. The first-order valence-corrected chi connectivity index (χ1v) is 8.33. The lowest BCUT2D eigenvalue weighted by Crippen LogP contribution is -2.16. The Labute approximate surface area is 166 Å². The van der Waals surface area contributed by atoms with Gasteiger partial charge in [-0.15, -0.1) is 0 Å². The van der Waals surface area contributed by atoms with Gasteiger partial charge in [-0.25, -0.2) is 18.2 Å². The van der Waals surface area contributed by atoms with Gasteiger partial charge in [0.1, 0.15) is 28.8 Å². The summed E-state index contributed by atoms with van der Waals surface area (Å²) in [4.78, 5) is 15.2. The summed E-state index contributed by atoms with van der Waals surface area (Å²) in [6.45, 7) is 1.37. The van der Waals surface area contributed by atoms with Crippen molar-refractivity contribution in [1.29, 1.82) is 0 Å². The van der Waals surface area contributed by atoms with Crippen molar-refractivity contribution in [3.63, 3.8) is 0 Å². The minimum absolute atomic E-state index is 0.0782. The summed E-state index contributed by atoms with van der Waals surface area (Å²) in [5, 5.41) is 2.28. The monoisotopic (exact) mass is 426 g/mol. The molecule has 0 aliphatic rings. The number of alkyl halides is 3. The fourth-order valence-corrected chi connectivity index (χ4v) is 2.50. The first kappa shape index (κ1) is 21.2. The van der Waals surface area contributed by atoms with Gasteiger partial charge in [-0.05, 0) is 42.8 Å². The zero-order chi connectivity index (χ0) is 22.1. The Morgan fingerprint density at radius 3 is 2.33 bits per heavy atom. The van der Waals surface area contributed by atoms with Gasteiger partial charge in [0.2, 0.25) is 0 Å². The predicted molar refractivity (Wildman–Crippen MR) is 94.8 cm³/mol. The molecule has 0 spiro atoms. The van der Waals surface area contributed by atoms with Crippen molar-refractivity contribution in [2.75, 3.05) is 5.32 Å². The molecule has 1 heterocycles. The van der Waals surface area contributed by atoms with E-state index in [1.54, 1.807) is 0 Å². The van der Waals surface area contributed by atoms with Crippen molar-refractivity contribution in [1.82, 2.24) is 4.98 Å². The quantitative estimate of drug-likeness (QED) is 0.531. The molecule has 10 heteroatoms. The van der Waals surface area contributed by atoms with E-state index in [1.807, 2.05) is 0 Å². The van der Waals surface area contributed by atoms with Gasteiger partial charge < -0.3 is 10.1 Å². The van der Waals surface area contributed by atoms with Crippen LogP contribution in [0.2, 0.25) is 0 Å². The molecule has 0 aliphatic heterocycles. The molecule has 2 aromatic carbocycles. The topological polar surface area (TPSA) is 51.2 Å². The number of hydrogen-bond donors (Lipinski definition) is 1. The van der Waals surface area contributed by atoms with E-state index in [0.717, 1.165) is 6.07 Å². The van der Waals surface area contributed by atoms with Gasteiger partial charge in [-0.2, -0.15) is 13.2 Å². The van der Waals surface area contributed by atoms with Crippen LogP contribution >= 0.6 is 0 Å². The number of hydrogen-bond acceptors (Lipinski definition) is 3. The van der Waals surface area contributed by atoms with Gasteiger partial charge in [0.25, 0.3) is 5.91 Å². The molecule has 156 valence electrons. The zero-order valence-electron chi connectivity index (χ0n) is 15.2. The number of aromatic nitrogens is 1. The maximum atomic E-state index is 14.0. The summed E-state index contributed by atoms with van der Waals surface area (Å²) in [6.07, 6.45) is -4.45. The Morgan fingerprint density at radius 2 is 1.70 bits per heavy atom. The van der Waals surface area contributed by atoms with Crippen LogP contribution in [0.25, 0.3) is 0 Å². The first-order chi connectivity index (χ1) is 14.1. The van der Waals surface area contributed by atoms with E-state index < -0.39 is 46.5 Å². The lowest BCUT2D eigenvalue weighted by atomic mass is 10.1. The van der Waals surface area contributed by atoms with Crippen LogP contribution in [0.1, 0.15) is 21.6 Å². The molecule has 1 amide bonds. The molecule has 0 atom stereocenters. The minimum Gasteiger partial charge on any atom is -0.455 e. The second-order valence-electron chi connectivity index (χ2n) is 6.13. The van der Waals surface area contributed by atoms with E-state index >= 15 is 0 Å². The molecular formula is C20H12F6N2O2. The van der Waals surface area contributed by atoms with Gasteiger partial charge in [-0.1, -0.05) is 6.07 Å². The van der Waals surface area contributed by atoms with Crippen molar-refractivity contribution in [2.24, 2.45) is 0 Å². The fourth-order valence-electron chi connectivity index (χ4n) is 2.50. The number of rotatable bonds is 4. The maximum absolute atomic E-state index is 14.0. The van der Waals surface area contributed by atoms with Gasteiger partial charge >= 0.3 is 6.18 Å². The van der Waals surface area contributed by atoms with Crippen LogP contribution in [0, 0.1) is 24.4 Å². The summed E-state index contributed by atoms with van der Waals surface area (Å²) >= 11 is 0. The summed E-state index contributed by atoms with van der Waals surface area (Å²) < 4.78 is 85.1. The Bertz CT molecular complexity index is 1100. The van der Waals surface area contributed by atoms with Gasteiger partial charge in [0.05, 0.1) is 6.20 Å². The summed E-state index contributed by atoms with van der Waals surface area (Å²) in [6, 6.07) is 7.51. The fraction of sp³-hybridized carbons (Fsp3) is 0.100. The standard InChI is InChI=1S/C20H12F6N2O2/c1-10-2-7-14(22)16(17(10)23)19(29)28-12-3-5-13(6-4-12)30-15-8-11(21)9-27-18(15)20(24,25)26/h2-9H,1H3,(H,28,29). The molecule has 0 bridgehead atoms. The molecule has 0 saturated carbocycles. The molecule has 4 nitrogen and oxygen atoms in total. The van der Waals surface area contributed by atoms with Gasteiger partial charge in [0.15, 0.2) is 11.4 Å². The molecule has 0 unspecified atom stereocenters. The number of nitrogens with one attached hydrogen (secondary N) is 1. The highest BCUT2D eigenvalue weighted by molar-refractivity contribution is 6.04. The van der Waals surface area contributed by atoms with Gasteiger partial charge in [-0.3, -0.25) is 4.79 Å². The molecule has 3 aromatic rings. The number of carbonyl (C=O) groups is 1. The number of amides is 1. The number of aryl methyl sites for hydroxylation is 1. The number of anilines is 1. The Balaban J connectivity index is 1.79. The molecule has 1 N–H and O–H groups in total. The smallest absolute Gasteiger partial charge is 0.437 e. The van der Waals surface area contributed by atoms with Crippen molar-refractivity contribution in [2.45, 2.75) is 13.1 Å². The third-order valence-corrected chi connectivity index (χ3v) is 3.94. The lowest BCUT2D eigenvalue weighted by Gasteiger charge is -2.13. The lowest BCUT2D eigenvalue weighted by molar-refractivity contribution is -0.142. The van der Waals surface area contributed by atoms with E-state index in [0.29, 0.717) is 12.3 Å². The summed E-state index contributed by atoms with van der Waals surface area (Å²) in [5.74, 6) is -5.08. The van der Waals surface area contributed by atoms with E-state index in [2.05, 4.69) is 10.3 Å². The normalized spacial score (nSPS) is 11.3. The van der Waals surface area contributed by atoms with Crippen LogP contribution in [0.5, 0.6) is 11.5 Å². The van der Waals surface area contributed by atoms with Crippen LogP contribution in [0.3, 0.4) is 0 Å². The van der Waals surface area contributed by atoms with Crippen molar-refractivity contribution in [3.05, 3.63) is 82.9 Å². The highest BCUT2D eigenvalue weighted by atomic mass is 19.4. The van der Waals surface area contributed by atoms with E-state index in [4.69, 9.17) is 4.74 Å². The van der Waals surface area contributed by atoms with Crippen molar-refractivity contribution in [3.8, 4) is 11.5 Å². The Morgan fingerprint density at radius 1 is 1.03 bits per heavy atom. The molecule has 0 radical (unpaired) electrons. The number of pyridine rings is 1. The van der Waals surface area contributed by atoms with Crippen LogP contribution in [0.15, 0.2) is 48.7 Å². The maximum Gasteiger partial charge on any atom is 0.437 e. The zero-order valence-corrected chi connectivity index (χ0v) is 15.2. The average molecular weight is 426 g/mol. The van der Waals surface area contributed by atoms with Crippen LogP contribution in [-0.2, 0) is 6.18 Å². The van der Waals surface area contributed by atoms with E-state index in [-0.39, 0.29) is 17.0 Å².